The topological polar surface area (TPSA) is 101 Å². The maximum atomic E-state index is 13.9. The number of aromatic nitrogens is 2. The molecular formula is C24H23F3N4O3S. The van der Waals surface area contributed by atoms with Crippen molar-refractivity contribution in [2.75, 3.05) is 10.0 Å². The molecule has 184 valence electrons. The molecule has 2 N–H and O–H groups in total. The number of amides is 1. The Morgan fingerprint density at radius 3 is 2.31 bits per heavy atom. The van der Waals surface area contributed by atoms with Crippen molar-refractivity contribution >= 4 is 27.6 Å². The van der Waals surface area contributed by atoms with Crippen molar-refractivity contribution in [1.82, 2.24) is 9.97 Å². The van der Waals surface area contributed by atoms with Crippen LogP contribution in [0.25, 0.3) is 11.1 Å². The van der Waals surface area contributed by atoms with Gasteiger partial charge in [0.25, 0.3) is 0 Å². The van der Waals surface area contributed by atoms with E-state index >= 15 is 0 Å². The molecule has 0 saturated heterocycles. The molecule has 0 radical (unpaired) electrons. The number of alkyl halides is 3. The fraction of sp³-hybridized carbons (Fsp3) is 0.292. The summed E-state index contributed by atoms with van der Waals surface area (Å²) in [5, 5.41) is 1.88. The number of halogens is 3. The van der Waals surface area contributed by atoms with Gasteiger partial charge in [-0.05, 0) is 56.0 Å². The maximum Gasteiger partial charge on any atom is 0.418 e. The lowest BCUT2D eigenvalue weighted by Crippen LogP contribution is -2.36. The SMILES string of the molecule is CC(C)(C(=O)Nc1ccc(-c2ccccc2)cc1C(F)(F)F)c1ccnc(NS(=O)(=O)C2CC2)n1. The van der Waals surface area contributed by atoms with E-state index < -0.39 is 38.3 Å². The van der Waals surface area contributed by atoms with Crippen molar-refractivity contribution in [3.8, 4) is 11.1 Å². The minimum absolute atomic E-state index is 0.146. The van der Waals surface area contributed by atoms with Gasteiger partial charge in [0.05, 0.1) is 27.6 Å². The van der Waals surface area contributed by atoms with Crippen molar-refractivity contribution in [1.29, 1.82) is 0 Å². The van der Waals surface area contributed by atoms with E-state index in [9.17, 15) is 26.4 Å². The molecule has 2 aromatic carbocycles. The van der Waals surface area contributed by atoms with Crippen LogP contribution in [0.1, 0.15) is 37.9 Å². The van der Waals surface area contributed by atoms with Crippen molar-refractivity contribution in [2.24, 2.45) is 0 Å². The third kappa shape index (κ3) is 5.45. The normalized spacial score (nSPS) is 14.4. The second-order valence-electron chi connectivity index (χ2n) is 8.82. The van der Waals surface area contributed by atoms with Crippen LogP contribution in [0.2, 0.25) is 0 Å². The molecule has 0 unspecified atom stereocenters. The van der Waals surface area contributed by atoms with E-state index in [1.54, 1.807) is 30.3 Å². The molecule has 1 aliphatic carbocycles. The number of carbonyl (C=O) groups excluding carboxylic acids is 1. The first-order valence-corrected chi connectivity index (χ1v) is 12.4. The summed E-state index contributed by atoms with van der Waals surface area (Å²) in [4.78, 5) is 21.1. The third-order valence-electron chi connectivity index (χ3n) is 5.74. The Balaban J connectivity index is 1.61. The fourth-order valence-corrected chi connectivity index (χ4v) is 4.71. The summed E-state index contributed by atoms with van der Waals surface area (Å²) in [7, 11) is -3.62. The number of rotatable bonds is 7. The average Bonchev–Trinajstić information content (AvgIpc) is 3.65. The highest BCUT2D eigenvalue weighted by molar-refractivity contribution is 7.93. The Hall–Kier alpha value is -3.47. The molecule has 1 aliphatic rings. The first kappa shape index (κ1) is 24.6. The van der Waals surface area contributed by atoms with Gasteiger partial charge in [0.15, 0.2) is 0 Å². The van der Waals surface area contributed by atoms with Crippen molar-refractivity contribution in [3.63, 3.8) is 0 Å². The summed E-state index contributed by atoms with van der Waals surface area (Å²) < 4.78 is 68.2. The molecule has 1 heterocycles. The zero-order valence-corrected chi connectivity index (χ0v) is 19.7. The summed E-state index contributed by atoms with van der Waals surface area (Å²) in [6.07, 6.45) is -2.32. The summed E-state index contributed by atoms with van der Waals surface area (Å²) in [5.41, 5.74) is -1.66. The van der Waals surface area contributed by atoms with Crippen LogP contribution in [0, 0.1) is 0 Å². The van der Waals surface area contributed by atoms with Crippen LogP contribution in [0.15, 0.2) is 60.8 Å². The summed E-state index contributed by atoms with van der Waals surface area (Å²) in [6.45, 7) is 2.96. The molecule has 1 saturated carbocycles. The van der Waals surface area contributed by atoms with Gasteiger partial charge in [0, 0.05) is 6.20 Å². The number of hydrogen-bond donors (Lipinski definition) is 2. The number of anilines is 2. The highest BCUT2D eigenvalue weighted by atomic mass is 32.2. The Kier molecular flexibility index (Phi) is 6.31. The Morgan fingerprint density at radius 1 is 1.00 bits per heavy atom. The van der Waals surface area contributed by atoms with Gasteiger partial charge in [-0.15, -0.1) is 0 Å². The number of nitrogens with zero attached hydrogens (tertiary/aromatic N) is 2. The van der Waals surface area contributed by atoms with Crippen molar-refractivity contribution in [3.05, 3.63) is 72.1 Å². The number of sulfonamides is 1. The highest BCUT2D eigenvalue weighted by Crippen LogP contribution is 2.38. The summed E-state index contributed by atoms with van der Waals surface area (Å²) in [5.74, 6) is -0.941. The quantitative estimate of drug-likeness (QED) is 0.473. The average molecular weight is 505 g/mol. The monoisotopic (exact) mass is 504 g/mol. The fourth-order valence-electron chi connectivity index (χ4n) is 3.44. The van der Waals surface area contributed by atoms with E-state index in [4.69, 9.17) is 0 Å². The Labute approximate surface area is 200 Å². The molecule has 4 rings (SSSR count). The minimum Gasteiger partial charge on any atom is -0.325 e. The molecule has 0 aliphatic heterocycles. The molecule has 0 spiro atoms. The van der Waals surface area contributed by atoms with Crippen LogP contribution in [0.4, 0.5) is 24.8 Å². The molecule has 3 aromatic rings. The number of benzene rings is 2. The number of nitrogens with one attached hydrogen (secondary N) is 2. The maximum absolute atomic E-state index is 13.9. The summed E-state index contributed by atoms with van der Waals surface area (Å²) in [6, 6.07) is 13.7. The lowest BCUT2D eigenvalue weighted by Gasteiger charge is -2.25. The molecule has 7 nitrogen and oxygen atoms in total. The van der Waals surface area contributed by atoms with E-state index in [1.807, 2.05) is 0 Å². The van der Waals surface area contributed by atoms with E-state index in [2.05, 4.69) is 20.0 Å². The second-order valence-corrected chi connectivity index (χ2v) is 10.8. The van der Waals surface area contributed by atoms with Crippen molar-refractivity contribution in [2.45, 2.75) is 43.5 Å². The molecule has 1 amide bonds. The van der Waals surface area contributed by atoms with E-state index in [1.165, 1.54) is 38.2 Å². The van der Waals surface area contributed by atoms with E-state index in [0.29, 0.717) is 24.0 Å². The third-order valence-corrected chi connectivity index (χ3v) is 7.56. The minimum atomic E-state index is -4.71. The molecular weight excluding hydrogens is 481 g/mol. The van der Waals surface area contributed by atoms with Gasteiger partial charge in [0.1, 0.15) is 0 Å². The van der Waals surface area contributed by atoms with Gasteiger partial charge in [0.2, 0.25) is 21.9 Å². The van der Waals surface area contributed by atoms with Crippen LogP contribution >= 0.6 is 0 Å². The smallest absolute Gasteiger partial charge is 0.325 e. The van der Waals surface area contributed by atoms with Crippen molar-refractivity contribution < 1.29 is 26.4 Å². The molecule has 11 heteroatoms. The molecule has 35 heavy (non-hydrogen) atoms. The Morgan fingerprint density at radius 2 is 1.69 bits per heavy atom. The van der Waals surface area contributed by atoms with E-state index in [-0.39, 0.29) is 17.3 Å². The van der Waals surface area contributed by atoms with Gasteiger partial charge in [-0.3, -0.25) is 9.52 Å². The predicted molar refractivity (Wildman–Crippen MR) is 126 cm³/mol. The van der Waals surface area contributed by atoms with Gasteiger partial charge in [-0.1, -0.05) is 36.4 Å². The molecule has 0 bridgehead atoms. The number of carbonyl (C=O) groups is 1. The second kappa shape index (κ2) is 8.95. The van der Waals surface area contributed by atoms with Gasteiger partial charge in [-0.25, -0.2) is 18.4 Å². The van der Waals surface area contributed by atoms with Crippen LogP contribution in [-0.2, 0) is 26.4 Å². The highest BCUT2D eigenvalue weighted by Gasteiger charge is 2.38. The lowest BCUT2D eigenvalue weighted by atomic mass is 9.87. The molecule has 1 fully saturated rings. The summed E-state index contributed by atoms with van der Waals surface area (Å²) >= 11 is 0. The largest absolute Gasteiger partial charge is 0.418 e. The van der Waals surface area contributed by atoms with Gasteiger partial charge >= 0.3 is 6.18 Å². The number of hydrogen-bond acceptors (Lipinski definition) is 5. The lowest BCUT2D eigenvalue weighted by molar-refractivity contribution is -0.137. The van der Waals surface area contributed by atoms with Gasteiger partial charge < -0.3 is 5.32 Å². The van der Waals surface area contributed by atoms with Crippen LogP contribution in [-0.4, -0.2) is 29.5 Å². The van der Waals surface area contributed by atoms with Crippen LogP contribution in [0.3, 0.4) is 0 Å². The standard InChI is InChI=1S/C24H23F3N4O3S/c1-23(2,20-12-13-28-22(30-20)31-35(33,34)17-9-10-17)21(32)29-19-11-8-16(14-18(19)24(25,26)27)15-6-4-3-5-7-15/h3-8,11-14,17H,9-10H2,1-2H3,(H,29,32)(H,28,30,31). The van der Waals surface area contributed by atoms with Crippen LogP contribution in [0.5, 0.6) is 0 Å². The predicted octanol–water partition coefficient (Wildman–Crippen LogP) is 4.98. The first-order valence-electron chi connectivity index (χ1n) is 10.8. The Bertz CT molecular complexity index is 1360. The zero-order valence-electron chi connectivity index (χ0n) is 18.9. The van der Waals surface area contributed by atoms with Gasteiger partial charge in [-0.2, -0.15) is 13.2 Å². The zero-order chi connectivity index (χ0) is 25.4. The molecule has 0 atom stereocenters. The van der Waals surface area contributed by atoms with E-state index in [0.717, 1.165) is 6.07 Å². The first-order chi connectivity index (χ1) is 16.4. The molecule has 1 aromatic heterocycles. The van der Waals surface area contributed by atoms with Crippen LogP contribution < -0.4 is 10.0 Å².